The molecule has 2 aromatic carbocycles. The first-order chi connectivity index (χ1) is 15.7. The van der Waals surface area contributed by atoms with Crippen LogP contribution in [0.25, 0.3) is 10.2 Å². The largest absolute Gasteiger partial charge is 0.319 e. The minimum Gasteiger partial charge on any atom is -0.319 e. The number of aromatic nitrogens is 1. The monoisotopic (exact) mass is 488 g/mol. The van der Waals surface area contributed by atoms with Gasteiger partial charge in [-0.05, 0) is 49.6 Å². The summed E-state index contributed by atoms with van der Waals surface area (Å²) >= 11 is 1.18. The molecule has 9 nitrogen and oxygen atoms in total. The lowest BCUT2D eigenvalue weighted by Crippen LogP contribution is -2.43. The lowest BCUT2D eigenvalue weighted by Gasteiger charge is -2.34. The van der Waals surface area contributed by atoms with Crippen LogP contribution in [0.1, 0.15) is 43.0 Å². The van der Waals surface area contributed by atoms with E-state index < -0.39 is 20.9 Å². The number of sulfonamides is 1. The smallest absolute Gasteiger partial charge is 0.279 e. The van der Waals surface area contributed by atoms with Gasteiger partial charge in [-0.15, -0.1) is 0 Å². The number of benzene rings is 2. The van der Waals surface area contributed by atoms with Gasteiger partial charge in [0.25, 0.3) is 11.6 Å². The molecule has 0 saturated carbocycles. The number of thiazole rings is 1. The van der Waals surface area contributed by atoms with Crippen molar-refractivity contribution < 1.29 is 18.1 Å². The second kappa shape index (κ2) is 9.16. The van der Waals surface area contributed by atoms with Crippen molar-refractivity contribution in [3.8, 4) is 0 Å². The number of piperidine rings is 1. The molecule has 11 heteroatoms. The number of nitro groups is 1. The zero-order valence-electron chi connectivity index (χ0n) is 18.3. The highest BCUT2D eigenvalue weighted by molar-refractivity contribution is 7.89. The third-order valence-corrected chi connectivity index (χ3v) is 9.01. The molecular formula is C22H24N4O5S2. The van der Waals surface area contributed by atoms with Gasteiger partial charge in [0.15, 0.2) is 4.80 Å². The van der Waals surface area contributed by atoms with E-state index in [0.29, 0.717) is 16.0 Å². The van der Waals surface area contributed by atoms with Gasteiger partial charge in [-0.1, -0.05) is 24.7 Å². The number of carbonyl (C=O) groups is 1. The van der Waals surface area contributed by atoms with Crippen LogP contribution < -0.4 is 4.80 Å². The Morgan fingerprint density at radius 3 is 2.61 bits per heavy atom. The first kappa shape index (κ1) is 23.3. The molecule has 1 saturated heterocycles. The molecule has 0 N–H and O–H groups in total. The predicted molar refractivity (Wildman–Crippen MR) is 126 cm³/mol. The Morgan fingerprint density at radius 1 is 1.21 bits per heavy atom. The van der Waals surface area contributed by atoms with Crippen LogP contribution in [0.5, 0.6) is 0 Å². The average Bonchev–Trinajstić information content (AvgIpc) is 3.13. The van der Waals surface area contributed by atoms with E-state index >= 15 is 0 Å². The molecule has 1 amide bonds. The molecule has 3 aromatic rings. The molecule has 4 rings (SSSR count). The fourth-order valence-corrected chi connectivity index (χ4v) is 6.91. The van der Waals surface area contributed by atoms with E-state index in [1.54, 1.807) is 22.0 Å². The molecule has 174 valence electrons. The van der Waals surface area contributed by atoms with Crippen molar-refractivity contribution in [1.82, 2.24) is 8.87 Å². The summed E-state index contributed by atoms with van der Waals surface area (Å²) in [5.74, 6) is -0.514. The molecular weight excluding hydrogens is 464 g/mol. The van der Waals surface area contributed by atoms with Crippen molar-refractivity contribution in [3.05, 3.63) is 62.9 Å². The maximum Gasteiger partial charge on any atom is 0.279 e. The molecule has 2 heterocycles. The third-order valence-electron chi connectivity index (χ3n) is 5.95. The summed E-state index contributed by atoms with van der Waals surface area (Å²) in [7, 11) is -1.89. The van der Waals surface area contributed by atoms with Gasteiger partial charge in [0.2, 0.25) is 10.0 Å². The highest BCUT2D eigenvalue weighted by Crippen LogP contribution is 2.27. The van der Waals surface area contributed by atoms with Crippen LogP contribution in [0, 0.1) is 10.1 Å². The van der Waals surface area contributed by atoms with Gasteiger partial charge in [0, 0.05) is 37.3 Å². The number of amides is 1. The predicted octanol–water partition coefficient (Wildman–Crippen LogP) is 3.84. The molecule has 1 aliphatic heterocycles. The summed E-state index contributed by atoms with van der Waals surface area (Å²) in [6, 6.07) is 10.3. The number of hydrogen-bond acceptors (Lipinski definition) is 6. The van der Waals surface area contributed by atoms with Gasteiger partial charge in [-0.2, -0.15) is 9.30 Å². The molecule has 0 spiro atoms. The maximum absolute atomic E-state index is 13.1. The van der Waals surface area contributed by atoms with E-state index in [9.17, 15) is 23.3 Å². The van der Waals surface area contributed by atoms with E-state index in [1.165, 1.54) is 47.7 Å². The first-order valence-electron chi connectivity index (χ1n) is 10.7. The van der Waals surface area contributed by atoms with Gasteiger partial charge in [-0.3, -0.25) is 14.9 Å². The van der Waals surface area contributed by atoms with Crippen molar-refractivity contribution >= 4 is 43.2 Å². The molecule has 0 radical (unpaired) electrons. The lowest BCUT2D eigenvalue weighted by molar-refractivity contribution is -0.384. The van der Waals surface area contributed by atoms with Crippen LogP contribution >= 0.6 is 11.3 Å². The van der Waals surface area contributed by atoms with E-state index in [2.05, 4.69) is 4.99 Å². The molecule has 1 aliphatic rings. The quantitative estimate of drug-likeness (QED) is 0.400. The molecule has 1 unspecified atom stereocenters. The summed E-state index contributed by atoms with van der Waals surface area (Å²) in [6.07, 6.45) is 3.51. The SMILES string of the molecule is CCC1CCCCN1S(=O)(=O)c1ccc(C(=O)N=c2sc3cc([N+](=O)[O-])ccc3n2C)cc1. The van der Waals surface area contributed by atoms with Gasteiger partial charge in [0.1, 0.15) is 0 Å². The van der Waals surface area contributed by atoms with Crippen LogP contribution in [-0.2, 0) is 17.1 Å². The number of nitro benzene ring substituents is 1. The topological polar surface area (TPSA) is 115 Å². The Morgan fingerprint density at radius 2 is 1.94 bits per heavy atom. The fraction of sp³-hybridized carbons (Fsp3) is 0.364. The summed E-state index contributed by atoms with van der Waals surface area (Å²) in [4.78, 5) is 28.0. The van der Waals surface area contributed by atoms with E-state index in [0.717, 1.165) is 31.2 Å². The van der Waals surface area contributed by atoms with Crippen LogP contribution in [0.15, 0.2) is 52.4 Å². The summed E-state index contributed by atoms with van der Waals surface area (Å²) in [5, 5.41) is 11.0. The minimum atomic E-state index is -3.63. The van der Waals surface area contributed by atoms with Gasteiger partial charge >= 0.3 is 0 Å². The van der Waals surface area contributed by atoms with Gasteiger partial charge in [0.05, 0.1) is 20.0 Å². The highest BCUT2D eigenvalue weighted by atomic mass is 32.2. The number of hydrogen-bond donors (Lipinski definition) is 0. The number of carbonyl (C=O) groups excluding carboxylic acids is 1. The van der Waals surface area contributed by atoms with E-state index in [4.69, 9.17) is 0 Å². The van der Waals surface area contributed by atoms with Crippen LogP contribution in [0.2, 0.25) is 0 Å². The summed E-state index contributed by atoms with van der Waals surface area (Å²) in [5.41, 5.74) is 0.965. The molecule has 33 heavy (non-hydrogen) atoms. The second-order valence-corrected chi connectivity index (χ2v) is 10.9. The Bertz CT molecular complexity index is 1390. The lowest BCUT2D eigenvalue weighted by atomic mass is 10.0. The third kappa shape index (κ3) is 4.48. The standard InChI is InChI=1S/C22H24N4O5S2/c1-3-16-6-4-5-13-25(16)33(30,31)18-10-7-15(8-11-18)21(27)23-22-24(2)19-12-9-17(26(28)29)14-20(19)32-22/h7-12,14,16H,3-6,13H2,1-2H3. The number of fused-ring (bicyclic) bond motifs is 1. The van der Waals surface area contributed by atoms with E-state index in [-0.39, 0.29) is 22.2 Å². The van der Waals surface area contributed by atoms with Crippen molar-refractivity contribution in [2.75, 3.05) is 6.54 Å². The van der Waals surface area contributed by atoms with Crippen LogP contribution in [0.4, 0.5) is 5.69 Å². The Hall–Kier alpha value is -2.89. The van der Waals surface area contributed by atoms with Crippen LogP contribution in [-0.4, -0.2) is 40.7 Å². The Labute approximate surface area is 195 Å². The maximum atomic E-state index is 13.1. The van der Waals surface area contributed by atoms with Crippen molar-refractivity contribution in [2.45, 2.75) is 43.5 Å². The van der Waals surface area contributed by atoms with Crippen molar-refractivity contribution in [3.63, 3.8) is 0 Å². The van der Waals surface area contributed by atoms with Gasteiger partial charge < -0.3 is 4.57 Å². The first-order valence-corrected chi connectivity index (χ1v) is 12.9. The number of aryl methyl sites for hydroxylation is 1. The zero-order chi connectivity index (χ0) is 23.8. The Balaban J connectivity index is 1.62. The van der Waals surface area contributed by atoms with Crippen molar-refractivity contribution in [1.29, 1.82) is 0 Å². The zero-order valence-corrected chi connectivity index (χ0v) is 19.9. The highest BCUT2D eigenvalue weighted by Gasteiger charge is 2.32. The number of rotatable bonds is 5. The average molecular weight is 489 g/mol. The molecule has 1 fully saturated rings. The fourth-order valence-electron chi connectivity index (χ4n) is 4.10. The van der Waals surface area contributed by atoms with Crippen molar-refractivity contribution in [2.24, 2.45) is 12.0 Å². The molecule has 1 aromatic heterocycles. The van der Waals surface area contributed by atoms with Crippen LogP contribution in [0.3, 0.4) is 0 Å². The van der Waals surface area contributed by atoms with E-state index in [1.807, 2.05) is 6.92 Å². The molecule has 1 atom stereocenters. The second-order valence-electron chi connectivity index (χ2n) is 7.97. The number of nitrogens with zero attached hydrogens (tertiary/aromatic N) is 4. The summed E-state index contributed by atoms with van der Waals surface area (Å²) < 4.78 is 30.2. The minimum absolute atomic E-state index is 0.00356. The normalized spacial score (nSPS) is 18.0. The molecule has 0 aliphatic carbocycles. The summed E-state index contributed by atoms with van der Waals surface area (Å²) in [6.45, 7) is 2.51. The number of non-ortho nitro benzene ring substituents is 1. The van der Waals surface area contributed by atoms with Gasteiger partial charge in [-0.25, -0.2) is 8.42 Å². The Kier molecular flexibility index (Phi) is 6.46. The molecule has 0 bridgehead atoms.